The molecule has 0 aromatic rings. The Kier molecular flexibility index (Phi) is 4.88. The van der Waals surface area contributed by atoms with Gasteiger partial charge in [-0.3, -0.25) is 0 Å². The maximum Gasteiger partial charge on any atom is 0.0927 e. The molecular weight excluding hydrogens is 100 g/mol. The van der Waals surface area contributed by atoms with Crippen LogP contribution in [0.5, 0.6) is 0 Å². The summed E-state index contributed by atoms with van der Waals surface area (Å²) in [5.41, 5.74) is 0. The molecule has 1 N–H and O–H groups in total. The first-order valence-corrected chi connectivity index (χ1v) is 2.30. The quantitative estimate of drug-likeness (QED) is 0.330. The number of nitrogens with one attached hydrogen (secondary N) is 1. The van der Waals surface area contributed by atoms with Crippen molar-refractivity contribution < 1.29 is 0 Å². The summed E-state index contributed by atoms with van der Waals surface area (Å²) < 4.78 is 0. The zero-order valence-corrected chi connectivity index (χ0v) is 4.59. The normalized spacial score (nSPS) is 8.38. The second-order valence-electron chi connectivity index (χ2n) is 1.16. The van der Waals surface area contributed by atoms with Gasteiger partial charge < -0.3 is 5.32 Å². The van der Waals surface area contributed by atoms with Gasteiger partial charge in [0, 0.05) is 18.8 Å². The Bertz CT molecular complexity index is 119. The Morgan fingerprint density at radius 2 is 2.50 bits per heavy atom. The van der Waals surface area contributed by atoms with E-state index in [1.54, 1.807) is 12.3 Å². The Hall–Kier alpha value is -1.23. The molecule has 0 aliphatic rings. The molecule has 8 heavy (non-hydrogen) atoms. The summed E-state index contributed by atoms with van der Waals surface area (Å²) in [6.45, 7) is 4.19. The lowest BCUT2D eigenvalue weighted by Gasteiger charge is -1.86. The molecule has 0 atom stereocenters. The van der Waals surface area contributed by atoms with Gasteiger partial charge in [0.25, 0.3) is 0 Å². The topological polar surface area (TPSA) is 35.8 Å². The Morgan fingerprint density at radius 1 is 1.75 bits per heavy atom. The summed E-state index contributed by atoms with van der Waals surface area (Å²) >= 11 is 0. The van der Waals surface area contributed by atoms with Gasteiger partial charge >= 0.3 is 0 Å². The first kappa shape index (κ1) is 6.77. The summed E-state index contributed by atoms with van der Waals surface area (Å²) in [4.78, 5) is 0. The molecule has 0 spiro atoms. The monoisotopic (exact) mass is 108 g/mol. The predicted molar refractivity (Wildman–Crippen MR) is 33.0 cm³/mol. The van der Waals surface area contributed by atoms with Crippen LogP contribution in [0.1, 0.15) is 0 Å². The molecule has 0 aromatic heterocycles. The molecule has 0 bridgehead atoms. The third-order valence-electron chi connectivity index (χ3n) is 0.538. The van der Waals surface area contributed by atoms with E-state index in [0.717, 1.165) is 0 Å². The SMILES string of the molecule is C=CCNC=CC#N. The van der Waals surface area contributed by atoms with Crippen LogP contribution in [-0.4, -0.2) is 6.54 Å². The van der Waals surface area contributed by atoms with E-state index in [4.69, 9.17) is 5.26 Å². The molecule has 0 unspecified atom stereocenters. The number of hydrogen-bond donors (Lipinski definition) is 1. The van der Waals surface area contributed by atoms with Crippen molar-refractivity contribution in [3.05, 3.63) is 24.9 Å². The molecule has 0 aromatic carbocycles. The fraction of sp³-hybridized carbons (Fsp3) is 0.167. The lowest BCUT2D eigenvalue weighted by atomic mass is 10.6. The predicted octanol–water partition coefficient (Wildman–Crippen LogP) is 0.799. The van der Waals surface area contributed by atoms with Crippen molar-refractivity contribution in [2.24, 2.45) is 0 Å². The molecule has 2 heteroatoms. The van der Waals surface area contributed by atoms with Gasteiger partial charge in [-0.1, -0.05) is 6.08 Å². The summed E-state index contributed by atoms with van der Waals surface area (Å²) in [6.07, 6.45) is 4.69. The lowest BCUT2D eigenvalue weighted by Crippen LogP contribution is -2.02. The van der Waals surface area contributed by atoms with E-state index in [0.29, 0.717) is 6.54 Å². The maximum absolute atomic E-state index is 7.96. The lowest BCUT2D eigenvalue weighted by molar-refractivity contribution is 0.988. The zero-order chi connectivity index (χ0) is 6.24. The van der Waals surface area contributed by atoms with E-state index >= 15 is 0 Å². The van der Waals surface area contributed by atoms with E-state index in [1.165, 1.54) is 6.08 Å². The van der Waals surface area contributed by atoms with Crippen molar-refractivity contribution in [2.45, 2.75) is 0 Å². The highest BCUT2D eigenvalue weighted by atomic mass is 14.8. The number of rotatable bonds is 3. The second-order valence-corrected chi connectivity index (χ2v) is 1.16. The van der Waals surface area contributed by atoms with Crippen molar-refractivity contribution in [3.8, 4) is 6.07 Å². The molecule has 2 nitrogen and oxygen atoms in total. The van der Waals surface area contributed by atoms with Crippen LogP contribution in [-0.2, 0) is 0 Å². The van der Waals surface area contributed by atoms with Crippen molar-refractivity contribution in [2.75, 3.05) is 6.54 Å². The summed E-state index contributed by atoms with van der Waals surface area (Å²) in [5.74, 6) is 0. The van der Waals surface area contributed by atoms with Crippen LogP contribution >= 0.6 is 0 Å². The standard InChI is InChI=1S/C6H8N2/c1-2-5-8-6-3-4-7/h2-3,6,8H,1,5H2. The summed E-state index contributed by atoms with van der Waals surface area (Å²) in [5, 5.41) is 10.8. The molecule has 0 saturated heterocycles. The first-order valence-electron chi connectivity index (χ1n) is 2.30. The van der Waals surface area contributed by atoms with E-state index in [1.807, 2.05) is 6.07 Å². The summed E-state index contributed by atoms with van der Waals surface area (Å²) in [6, 6.07) is 1.85. The van der Waals surface area contributed by atoms with Crippen LogP contribution in [0.15, 0.2) is 24.9 Å². The number of nitrogens with zero attached hydrogens (tertiary/aromatic N) is 1. The number of nitriles is 1. The van der Waals surface area contributed by atoms with Crippen molar-refractivity contribution in [1.82, 2.24) is 5.32 Å². The molecule has 0 heterocycles. The van der Waals surface area contributed by atoms with Crippen molar-refractivity contribution in [1.29, 1.82) is 5.26 Å². The van der Waals surface area contributed by atoms with Gasteiger partial charge in [-0.2, -0.15) is 5.26 Å². The molecule has 0 aliphatic carbocycles. The van der Waals surface area contributed by atoms with Gasteiger partial charge in [0.2, 0.25) is 0 Å². The Labute approximate surface area is 49.1 Å². The molecule has 42 valence electrons. The van der Waals surface area contributed by atoms with Crippen LogP contribution in [0.25, 0.3) is 0 Å². The highest BCUT2D eigenvalue weighted by molar-refractivity contribution is 5.00. The first-order chi connectivity index (χ1) is 3.91. The van der Waals surface area contributed by atoms with Gasteiger partial charge in [-0.25, -0.2) is 0 Å². The van der Waals surface area contributed by atoms with Crippen molar-refractivity contribution in [3.63, 3.8) is 0 Å². The van der Waals surface area contributed by atoms with E-state index < -0.39 is 0 Å². The average Bonchev–Trinajstić information content (AvgIpc) is 1.81. The zero-order valence-electron chi connectivity index (χ0n) is 4.59. The number of hydrogen-bond acceptors (Lipinski definition) is 2. The fourth-order valence-corrected chi connectivity index (χ4v) is 0.248. The van der Waals surface area contributed by atoms with Crippen LogP contribution in [0.2, 0.25) is 0 Å². The summed E-state index contributed by atoms with van der Waals surface area (Å²) in [7, 11) is 0. The highest BCUT2D eigenvalue weighted by Crippen LogP contribution is 1.62. The van der Waals surface area contributed by atoms with Crippen molar-refractivity contribution >= 4 is 0 Å². The molecule has 0 radical (unpaired) electrons. The maximum atomic E-state index is 7.96. The third kappa shape index (κ3) is 4.77. The van der Waals surface area contributed by atoms with Crippen LogP contribution < -0.4 is 5.32 Å². The fourth-order valence-electron chi connectivity index (χ4n) is 0.248. The smallest absolute Gasteiger partial charge is 0.0927 e. The van der Waals surface area contributed by atoms with Gasteiger partial charge in [0.15, 0.2) is 0 Å². The van der Waals surface area contributed by atoms with Crippen LogP contribution in [0, 0.1) is 11.3 Å². The van der Waals surface area contributed by atoms with Gasteiger partial charge in [0.1, 0.15) is 0 Å². The molecule has 0 fully saturated rings. The molecule has 0 amide bonds. The molecular formula is C6H8N2. The van der Waals surface area contributed by atoms with Gasteiger partial charge in [0.05, 0.1) is 6.07 Å². The third-order valence-corrected chi connectivity index (χ3v) is 0.538. The minimum Gasteiger partial charge on any atom is -0.387 e. The van der Waals surface area contributed by atoms with Gasteiger partial charge in [-0.15, -0.1) is 6.58 Å². The van der Waals surface area contributed by atoms with Crippen LogP contribution in [0.3, 0.4) is 0 Å². The highest BCUT2D eigenvalue weighted by Gasteiger charge is 1.65. The van der Waals surface area contributed by atoms with E-state index in [2.05, 4.69) is 11.9 Å². The van der Waals surface area contributed by atoms with Crippen LogP contribution in [0.4, 0.5) is 0 Å². The Morgan fingerprint density at radius 3 is 3.00 bits per heavy atom. The Balaban J connectivity index is 3.06. The number of allylic oxidation sites excluding steroid dienone is 1. The van der Waals surface area contributed by atoms with E-state index in [9.17, 15) is 0 Å². The molecule has 0 rings (SSSR count). The van der Waals surface area contributed by atoms with E-state index in [-0.39, 0.29) is 0 Å². The minimum atomic E-state index is 0.707. The molecule has 0 aliphatic heterocycles. The molecule has 0 saturated carbocycles. The largest absolute Gasteiger partial charge is 0.387 e. The average molecular weight is 108 g/mol. The minimum absolute atomic E-state index is 0.707. The second kappa shape index (κ2) is 5.77. The van der Waals surface area contributed by atoms with Gasteiger partial charge in [-0.05, 0) is 0 Å².